The first kappa shape index (κ1) is 9.42. The van der Waals surface area contributed by atoms with E-state index in [1.54, 1.807) is 7.11 Å². The molecule has 0 aliphatic carbocycles. The highest BCUT2D eigenvalue weighted by Gasteiger charge is 1.93. The van der Waals surface area contributed by atoms with Gasteiger partial charge in [-0.05, 0) is 24.1 Å². The van der Waals surface area contributed by atoms with Gasteiger partial charge in [0, 0.05) is 5.75 Å². The van der Waals surface area contributed by atoms with E-state index in [1.165, 1.54) is 17.5 Å². The van der Waals surface area contributed by atoms with E-state index in [4.69, 9.17) is 9.88 Å². The van der Waals surface area contributed by atoms with Gasteiger partial charge in [-0.3, -0.25) is 5.14 Å². The van der Waals surface area contributed by atoms with Crippen molar-refractivity contribution in [1.29, 1.82) is 0 Å². The topological polar surface area (TPSA) is 35.2 Å². The Bertz CT molecular complexity index is 222. The first-order valence-electron chi connectivity index (χ1n) is 3.81. The number of methoxy groups -OCH3 is 1. The molecular weight excluding hydrogens is 170 g/mol. The fourth-order valence-corrected chi connectivity index (χ4v) is 1.32. The van der Waals surface area contributed by atoms with Gasteiger partial charge in [0.25, 0.3) is 0 Å². The highest BCUT2D eigenvalue weighted by Crippen LogP contribution is 2.12. The van der Waals surface area contributed by atoms with Gasteiger partial charge in [0.05, 0.1) is 7.11 Å². The van der Waals surface area contributed by atoms with Gasteiger partial charge in [-0.25, -0.2) is 0 Å². The summed E-state index contributed by atoms with van der Waals surface area (Å²) in [5, 5.41) is 5.32. The van der Waals surface area contributed by atoms with Gasteiger partial charge in [-0.2, -0.15) is 0 Å². The maximum Gasteiger partial charge on any atom is 0.118 e. The molecule has 0 saturated heterocycles. The minimum Gasteiger partial charge on any atom is -0.497 e. The number of nitrogens with two attached hydrogens (primary N) is 1. The van der Waals surface area contributed by atoms with Gasteiger partial charge in [-0.15, -0.1) is 0 Å². The Morgan fingerprint density at radius 1 is 1.33 bits per heavy atom. The van der Waals surface area contributed by atoms with Crippen LogP contribution in [0.1, 0.15) is 5.56 Å². The standard InChI is InChI=1S/C9H13NOS/c1-11-9-4-2-8(3-5-9)6-7-12-10/h2-5H,6-7,10H2,1H3. The number of hydrogen-bond donors (Lipinski definition) is 1. The van der Waals surface area contributed by atoms with Crippen molar-refractivity contribution in [2.45, 2.75) is 6.42 Å². The summed E-state index contributed by atoms with van der Waals surface area (Å²) >= 11 is 1.38. The Hall–Kier alpha value is -0.670. The van der Waals surface area contributed by atoms with E-state index in [-0.39, 0.29) is 0 Å². The molecule has 0 aliphatic heterocycles. The Morgan fingerprint density at radius 3 is 2.50 bits per heavy atom. The van der Waals surface area contributed by atoms with Crippen molar-refractivity contribution in [3.8, 4) is 5.75 Å². The molecule has 0 aromatic heterocycles. The molecule has 2 N–H and O–H groups in total. The van der Waals surface area contributed by atoms with Gasteiger partial charge in [0.1, 0.15) is 5.75 Å². The highest BCUT2D eigenvalue weighted by molar-refractivity contribution is 7.97. The number of aryl methyl sites for hydroxylation is 1. The molecule has 0 aliphatic rings. The van der Waals surface area contributed by atoms with Gasteiger partial charge in [0.2, 0.25) is 0 Å². The molecule has 0 saturated carbocycles. The zero-order valence-corrected chi connectivity index (χ0v) is 7.93. The van der Waals surface area contributed by atoms with Crippen LogP contribution in [0.2, 0.25) is 0 Å². The molecule has 0 heterocycles. The first-order chi connectivity index (χ1) is 5.86. The highest BCUT2D eigenvalue weighted by atomic mass is 32.2. The number of rotatable bonds is 4. The fourth-order valence-electron chi connectivity index (χ4n) is 0.969. The van der Waals surface area contributed by atoms with Crippen LogP contribution in [0, 0.1) is 0 Å². The van der Waals surface area contributed by atoms with E-state index in [2.05, 4.69) is 12.1 Å². The van der Waals surface area contributed by atoms with Crippen LogP contribution >= 0.6 is 11.9 Å². The maximum atomic E-state index is 5.32. The van der Waals surface area contributed by atoms with E-state index < -0.39 is 0 Å². The molecule has 2 nitrogen and oxygen atoms in total. The Morgan fingerprint density at radius 2 is 2.00 bits per heavy atom. The molecule has 0 amide bonds. The van der Waals surface area contributed by atoms with Crippen molar-refractivity contribution in [2.24, 2.45) is 5.14 Å². The van der Waals surface area contributed by atoms with E-state index in [0.717, 1.165) is 17.9 Å². The lowest BCUT2D eigenvalue weighted by molar-refractivity contribution is 0.414. The second kappa shape index (κ2) is 5.06. The van der Waals surface area contributed by atoms with Crippen LogP contribution in [0.15, 0.2) is 24.3 Å². The Kier molecular flexibility index (Phi) is 3.97. The third-order valence-electron chi connectivity index (χ3n) is 1.67. The van der Waals surface area contributed by atoms with Crippen LogP contribution in [0.3, 0.4) is 0 Å². The molecule has 0 atom stereocenters. The molecule has 0 radical (unpaired) electrons. The van der Waals surface area contributed by atoms with Gasteiger partial charge in [0.15, 0.2) is 0 Å². The maximum absolute atomic E-state index is 5.32. The predicted octanol–water partition coefficient (Wildman–Crippen LogP) is 1.84. The molecule has 1 aromatic rings. The quantitative estimate of drug-likeness (QED) is 0.723. The minimum atomic E-state index is 0.902. The predicted molar refractivity (Wildman–Crippen MR) is 53.3 cm³/mol. The van der Waals surface area contributed by atoms with Crippen LogP contribution in [0.4, 0.5) is 0 Å². The molecule has 0 bridgehead atoms. The van der Waals surface area contributed by atoms with Crippen molar-refractivity contribution in [3.05, 3.63) is 29.8 Å². The lowest BCUT2D eigenvalue weighted by Gasteiger charge is -2.01. The molecule has 0 fully saturated rings. The summed E-state index contributed by atoms with van der Waals surface area (Å²) in [4.78, 5) is 0. The van der Waals surface area contributed by atoms with Gasteiger partial charge < -0.3 is 4.74 Å². The smallest absolute Gasteiger partial charge is 0.118 e. The van der Waals surface area contributed by atoms with E-state index in [9.17, 15) is 0 Å². The SMILES string of the molecule is COc1ccc(CCSN)cc1. The average Bonchev–Trinajstić information content (AvgIpc) is 2.15. The minimum absolute atomic E-state index is 0.902. The molecule has 3 heteroatoms. The number of ether oxygens (including phenoxy) is 1. The van der Waals surface area contributed by atoms with Gasteiger partial charge >= 0.3 is 0 Å². The van der Waals surface area contributed by atoms with Crippen molar-refractivity contribution in [1.82, 2.24) is 0 Å². The van der Waals surface area contributed by atoms with Crippen LogP contribution in [0.25, 0.3) is 0 Å². The second-order valence-electron chi connectivity index (χ2n) is 2.47. The second-order valence-corrected chi connectivity index (χ2v) is 3.21. The van der Waals surface area contributed by atoms with Crippen molar-refractivity contribution in [3.63, 3.8) is 0 Å². The third-order valence-corrected chi connectivity index (χ3v) is 2.11. The summed E-state index contributed by atoms with van der Waals surface area (Å²) in [5.74, 6) is 1.87. The van der Waals surface area contributed by atoms with E-state index in [1.807, 2.05) is 12.1 Å². The molecule has 1 aromatic carbocycles. The molecule has 12 heavy (non-hydrogen) atoms. The Balaban J connectivity index is 2.53. The largest absolute Gasteiger partial charge is 0.497 e. The average molecular weight is 183 g/mol. The van der Waals surface area contributed by atoms with Gasteiger partial charge in [-0.1, -0.05) is 24.1 Å². The van der Waals surface area contributed by atoms with E-state index >= 15 is 0 Å². The third kappa shape index (κ3) is 2.75. The monoisotopic (exact) mass is 183 g/mol. The summed E-state index contributed by atoms with van der Waals surface area (Å²) in [7, 11) is 1.67. The molecule has 66 valence electrons. The van der Waals surface area contributed by atoms with Crippen LogP contribution in [-0.2, 0) is 6.42 Å². The van der Waals surface area contributed by atoms with Crippen LogP contribution in [0.5, 0.6) is 5.75 Å². The molecule has 0 unspecified atom stereocenters. The van der Waals surface area contributed by atoms with Crippen LogP contribution in [-0.4, -0.2) is 12.9 Å². The zero-order chi connectivity index (χ0) is 8.81. The fraction of sp³-hybridized carbons (Fsp3) is 0.333. The lowest BCUT2D eigenvalue weighted by atomic mass is 10.2. The summed E-state index contributed by atoms with van der Waals surface area (Å²) in [6.45, 7) is 0. The lowest BCUT2D eigenvalue weighted by Crippen LogP contribution is -1.91. The van der Waals surface area contributed by atoms with Crippen molar-refractivity contribution < 1.29 is 4.74 Å². The van der Waals surface area contributed by atoms with Crippen molar-refractivity contribution >= 4 is 11.9 Å². The summed E-state index contributed by atoms with van der Waals surface area (Å²) in [5.41, 5.74) is 1.30. The Labute approximate surface area is 77.2 Å². The normalized spacial score (nSPS) is 9.83. The van der Waals surface area contributed by atoms with Crippen molar-refractivity contribution in [2.75, 3.05) is 12.9 Å². The van der Waals surface area contributed by atoms with Crippen LogP contribution < -0.4 is 9.88 Å². The zero-order valence-electron chi connectivity index (χ0n) is 7.12. The number of benzene rings is 1. The molecular formula is C9H13NOS. The first-order valence-corrected chi connectivity index (χ1v) is 4.86. The molecule has 0 spiro atoms. The number of hydrogen-bond acceptors (Lipinski definition) is 3. The summed E-state index contributed by atoms with van der Waals surface area (Å²) < 4.78 is 5.04. The summed E-state index contributed by atoms with van der Waals surface area (Å²) in [6, 6.07) is 8.07. The summed E-state index contributed by atoms with van der Waals surface area (Å²) in [6.07, 6.45) is 1.02. The molecule has 1 rings (SSSR count). The van der Waals surface area contributed by atoms with E-state index in [0.29, 0.717) is 0 Å².